The number of hydrogen-bond acceptors (Lipinski definition) is 8. The van der Waals surface area contributed by atoms with Gasteiger partial charge in [0.05, 0.1) is 17.3 Å². The van der Waals surface area contributed by atoms with Gasteiger partial charge in [0, 0.05) is 39.4 Å². The minimum absolute atomic E-state index is 0.781. The molecule has 9 heteroatoms. The predicted octanol–water partition coefficient (Wildman–Crippen LogP) is 1.54. The van der Waals surface area contributed by atoms with Gasteiger partial charge >= 0.3 is 0 Å². The van der Waals surface area contributed by atoms with Crippen LogP contribution in [-0.4, -0.2) is 61.1 Å². The Kier molecular flexibility index (Phi) is 4.04. The van der Waals surface area contributed by atoms with Gasteiger partial charge in [-0.15, -0.1) is 10.2 Å². The maximum atomic E-state index is 4.49. The summed E-state index contributed by atoms with van der Waals surface area (Å²) in [6.07, 6.45) is 5.20. The summed E-state index contributed by atoms with van der Waals surface area (Å²) in [5.41, 5.74) is 2.46. The molecule has 5 rings (SSSR count). The van der Waals surface area contributed by atoms with Crippen molar-refractivity contribution in [1.82, 2.24) is 34.9 Å². The van der Waals surface area contributed by atoms with E-state index in [4.69, 9.17) is 0 Å². The number of aryl methyl sites for hydroxylation is 1. The molecule has 140 valence electrons. The van der Waals surface area contributed by atoms with Gasteiger partial charge in [0.25, 0.3) is 0 Å². The highest BCUT2D eigenvalue weighted by molar-refractivity contribution is 5.86. The van der Waals surface area contributed by atoms with Crippen LogP contribution in [0.25, 0.3) is 22.4 Å². The molecule has 1 aliphatic rings. The molecule has 9 nitrogen and oxygen atoms in total. The minimum atomic E-state index is 0.781. The number of piperazine rings is 1. The molecule has 0 bridgehead atoms. The normalized spacial score (nSPS) is 14.6. The van der Waals surface area contributed by atoms with Gasteiger partial charge in [0.15, 0.2) is 11.5 Å². The molecule has 0 amide bonds. The van der Waals surface area contributed by atoms with Crippen LogP contribution in [0.2, 0.25) is 0 Å². The van der Waals surface area contributed by atoms with Gasteiger partial charge < -0.3 is 9.80 Å². The second-order valence-corrected chi connectivity index (χ2v) is 6.67. The smallest absolute Gasteiger partial charge is 0.163 e. The van der Waals surface area contributed by atoms with E-state index in [0.717, 1.165) is 60.2 Å². The summed E-state index contributed by atoms with van der Waals surface area (Å²) in [7, 11) is 1.89. The Morgan fingerprint density at radius 1 is 0.821 bits per heavy atom. The SMILES string of the molecule is Cn1ncc2c(N3CCN(c4ccc(-c5ccccn5)nn4)CC3)ncnc21. The zero-order chi connectivity index (χ0) is 18.9. The summed E-state index contributed by atoms with van der Waals surface area (Å²) >= 11 is 0. The molecule has 0 saturated carbocycles. The second kappa shape index (κ2) is 6.84. The quantitative estimate of drug-likeness (QED) is 0.534. The lowest BCUT2D eigenvalue weighted by Crippen LogP contribution is -2.47. The molecule has 0 atom stereocenters. The zero-order valence-corrected chi connectivity index (χ0v) is 15.5. The lowest BCUT2D eigenvalue weighted by atomic mass is 10.2. The molecular weight excluding hydrogens is 354 g/mol. The standard InChI is InChI=1S/C19H19N9/c1-26-18-14(12-23-26)19(22-13-21-18)28-10-8-27(9-11-28)17-6-5-16(24-25-17)15-4-2-3-7-20-15/h2-7,12-13H,8-11H2,1H3. The van der Waals surface area contributed by atoms with Crippen LogP contribution in [0.5, 0.6) is 0 Å². The second-order valence-electron chi connectivity index (χ2n) is 6.67. The Balaban J connectivity index is 1.30. The molecule has 1 aliphatic heterocycles. The molecule has 0 N–H and O–H groups in total. The number of aromatic nitrogens is 7. The van der Waals surface area contributed by atoms with E-state index in [2.05, 4.69) is 40.0 Å². The topological polar surface area (TPSA) is 88.8 Å². The lowest BCUT2D eigenvalue weighted by Gasteiger charge is -2.35. The molecule has 5 heterocycles. The Hall–Kier alpha value is -3.62. The summed E-state index contributed by atoms with van der Waals surface area (Å²) in [6.45, 7) is 3.40. The van der Waals surface area contributed by atoms with Crippen molar-refractivity contribution in [2.45, 2.75) is 0 Å². The van der Waals surface area contributed by atoms with Crippen molar-refractivity contribution in [3.8, 4) is 11.4 Å². The fourth-order valence-corrected chi connectivity index (χ4v) is 3.49. The average Bonchev–Trinajstić information content (AvgIpc) is 3.16. The van der Waals surface area contributed by atoms with Crippen LogP contribution in [0.15, 0.2) is 49.1 Å². The van der Waals surface area contributed by atoms with Gasteiger partial charge in [-0.3, -0.25) is 9.67 Å². The number of pyridine rings is 1. The summed E-state index contributed by atoms with van der Waals surface area (Å²) < 4.78 is 1.77. The van der Waals surface area contributed by atoms with Gasteiger partial charge in [0.1, 0.15) is 17.8 Å². The van der Waals surface area contributed by atoms with Crippen molar-refractivity contribution in [1.29, 1.82) is 0 Å². The summed E-state index contributed by atoms with van der Waals surface area (Å²) in [5, 5.41) is 14.0. The van der Waals surface area contributed by atoms with Crippen LogP contribution < -0.4 is 9.80 Å². The molecule has 28 heavy (non-hydrogen) atoms. The first-order valence-electron chi connectivity index (χ1n) is 9.17. The van der Waals surface area contributed by atoms with E-state index in [-0.39, 0.29) is 0 Å². The van der Waals surface area contributed by atoms with E-state index >= 15 is 0 Å². The molecule has 0 aromatic carbocycles. The first kappa shape index (κ1) is 16.5. The van der Waals surface area contributed by atoms with Gasteiger partial charge in [-0.05, 0) is 24.3 Å². The average molecular weight is 373 g/mol. The van der Waals surface area contributed by atoms with Crippen molar-refractivity contribution in [3.05, 3.63) is 49.1 Å². The van der Waals surface area contributed by atoms with Crippen molar-refractivity contribution < 1.29 is 0 Å². The number of rotatable bonds is 3. The third kappa shape index (κ3) is 2.90. The highest BCUT2D eigenvalue weighted by Crippen LogP contribution is 2.24. The van der Waals surface area contributed by atoms with Crippen molar-refractivity contribution in [2.24, 2.45) is 7.05 Å². The molecule has 1 saturated heterocycles. The van der Waals surface area contributed by atoms with E-state index in [1.165, 1.54) is 0 Å². The third-order valence-corrected chi connectivity index (χ3v) is 4.99. The monoisotopic (exact) mass is 373 g/mol. The van der Waals surface area contributed by atoms with E-state index in [0.29, 0.717) is 0 Å². The Bertz CT molecular complexity index is 1080. The molecule has 0 aliphatic carbocycles. The Morgan fingerprint density at radius 2 is 1.68 bits per heavy atom. The summed E-state index contributed by atoms with van der Waals surface area (Å²) in [5.74, 6) is 1.82. The van der Waals surface area contributed by atoms with Crippen molar-refractivity contribution >= 4 is 22.7 Å². The minimum Gasteiger partial charge on any atom is -0.352 e. The fourth-order valence-electron chi connectivity index (χ4n) is 3.49. The number of nitrogens with zero attached hydrogens (tertiary/aromatic N) is 9. The molecule has 4 aromatic rings. The lowest BCUT2D eigenvalue weighted by molar-refractivity contribution is 0.639. The van der Waals surface area contributed by atoms with E-state index < -0.39 is 0 Å². The molecule has 1 fully saturated rings. The summed E-state index contributed by atoms with van der Waals surface area (Å²) in [4.78, 5) is 17.7. The van der Waals surface area contributed by atoms with Crippen LogP contribution in [-0.2, 0) is 7.05 Å². The van der Waals surface area contributed by atoms with Gasteiger partial charge in [-0.25, -0.2) is 9.97 Å². The van der Waals surface area contributed by atoms with Crippen LogP contribution in [0.3, 0.4) is 0 Å². The maximum absolute atomic E-state index is 4.49. The third-order valence-electron chi connectivity index (χ3n) is 4.99. The largest absolute Gasteiger partial charge is 0.352 e. The molecule has 4 aromatic heterocycles. The van der Waals surface area contributed by atoms with E-state index in [1.54, 1.807) is 17.2 Å². The van der Waals surface area contributed by atoms with Crippen LogP contribution in [0.4, 0.5) is 11.6 Å². The van der Waals surface area contributed by atoms with E-state index in [1.807, 2.05) is 43.6 Å². The van der Waals surface area contributed by atoms with Crippen molar-refractivity contribution in [3.63, 3.8) is 0 Å². The van der Waals surface area contributed by atoms with Gasteiger partial charge in [-0.2, -0.15) is 5.10 Å². The van der Waals surface area contributed by atoms with Gasteiger partial charge in [0.2, 0.25) is 0 Å². The van der Waals surface area contributed by atoms with E-state index in [9.17, 15) is 0 Å². The van der Waals surface area contributed by atoms with Crippen LogP contribution in [0, 0.1) is 0 Å². The molecular formula is C19H19N9. The molecule has 0 unspecified atom stereocenters. The van der Waals surface area contributed by atoms with Gasteiger partial charge in [-0.1, -0.05) is 6.07 Å². The first-order valence-corrected chi connectivity index (χ1v) is 9.17. The van der Waals surface area contributed by atoms with Crippen LogP contribution in [0.1, 0.15) is 0 Å². The maximum Gasteiger partial charge on any atom is 0.163 e. The summed E-state index contributed by atoms with van der Waals surface area (Å²) in [6, 6.07) is 9.76. The highest BCUT2D eigenvalue weighted by Gasteiger charge is 2.22. The molecule has 0 spiro atoms. The number of hydrogen-bond donors (Lipinski definition) is 0. The highest BCUT2D eigenvalue weighted by atomic mass is 15.3. The van der Waals surface area contributed by atoms with Crippen molar-refractivity contribution in [2.75, 3.05) is 36.0 Å². The Labute approximate surface area is 161 Å². The van der Waals surface area contributed by atoms with Crippen LogP contribution >= 0.6 is 0 Å². The Morgan fingerprint density at radius 3 is 2.43 bits per heavy atom. The number of anilines is 2. The molecule has 0 radical (unpaired) electrons. The number of fused-ring (bicyclic) bond motifs is 1. The predicted molar refractivity (Wildman–Crippen MR) is 106 cm³/mol. The zero-order valence-electron chi connectivity index (χ0n) is 15.5. The first-order chi connectivity index (χ1) is 13.8. The fraction of sp³-hybridized carbons (Fsp3) is 0.263.